The maximum absolute atomic E-state index is 4.89. The molecule has 0 bridgehead atoms. The molecular weight excluding hydrogens is 324 g/mol. The van der Waals surface area contributed by atoms with Gasteiger partial charge in [0, 0.05) is 26.6 Å². The Morgan fingerprint density at radius 1 is 1.00 bits per heavy atom. The molecule has 0 amide bonds. The first-order valence-electron chi connectivity index (χ1n) is 6.32. The van der Waals surface area contributed by atoms with E-state index in [0.29, 0.717) is 6.61 Å². The van der Waals surface area contributed by atoms with Gasteiger partial charge >= 0.3 is 0 Å². The Bertz CT molecular complexity index is 440. The minimum atomic E-state index is 0.702. The second-order valence-corrected chi connectivity index (χ2v) is 4.92. The van der Waals surface area contributed by atoms with Gasteiger partial charge in [-0.1, -0.05) is 0 Å². The van der Waals surface area contributed by atoms with Crippen molar-refractivity contribution in [1.29, 1.82) is 0 Å². The monoisotopic (exact) mass is 344 g/mol. The zero-order chi connectivity index (χ0) is 14.8. The Balaban J connectivity index is 0.000000200. The van der Waals surface area contributed by atoms with Gasteiger partial charge in [0.05, 0.1) is 32.0 Å². The summed E-state index contributed by atoms with van der Waals surface area (Å²) in [6, 6.07) is 3.88. The summed E-state index contributed by atoms with van der Waals surface area (Å²) in [7, 11) is 3.37. The normalized spacial score (nSPS) is 10.2. The molecule has 0 aliphatic rings. The smallest absolute Gasteiger partial charge is 0.128 e. The zero-order valence-electron chi connectivity index (χ0n) is 12.1. The van der Waals surface area contributed by atoms with Crippen LogP contribution in [0.15, 0.2) is 29.1 Å². The number of hydrogen-bond donors (Lipinski definition) is 0. The largest absolute Gasteiger partial charge is 0.383 e. The lowest BCUT2D eigenvalue weighted by Crippen LogP contribution is -2.04. The first kappa shape index (κ1) is 16.9. The van der Waals surface area contributed by atoms with E-state index in [2.05, 4.69) is 26.1 Å². The molecule has 0 saturated heterocycles. The maximum Gasteiger partial charge on any atom is 0.128 e. The van der Waals surface area contributed by atoms with Crippen LogP contribution in [0.1, 0.15) is 5.69 Å². The Kier molecular flexibility index (Phi) is 8.17. The highest BCUT2D eigenvalue weighted by molar-refractivity contribution is 9.10. The molecule has 2 heterocycles. The molecule has 6 nitrogen and oxygen atoms in total. The molecule has 7 heteroatoms. The van der Waals surface area contributed by atoms with Crippen molar-refractivity contribution in [2.75, 3.05) is 27.4 Å². The molecule has 2 aromatic heterocycles. The van der Waals surface area contributed by atoms with Crippen LogP contribution in [0.4, 0.5) is 0 Å². The standard InChI is InChI=1S/C7H12N2O.C6H9BrN2O/c1-7-3-4-9(8-7)5-6-10-2;1-10-5-4-9-3-2-6(7)8-9/h3-4H,5-6H2,1-2H3;2-3H,4-5H2,1H3. The quantitative estimate of drug-likeness (QED) is 0.805. The summed E-state index contributed by atoms with van der Waals surface area (Å²) >= 11 is 3.25. The van der Waals surface area contributed by atoms with Crippen molar-refractivity contribution in [3.8, 4) is 0 Å². The van der Waals surface area contributed by atoms with E-state index in [1.165, 1.54) is 0 Å². The minimum Gasteiger partial charge on any atom is -0.383 e. The molecule has 2 aromatic rings. The lowest BCUT2D eigenvalue weighted by atomic mass is 10.5. The van der Waals surface area contributed by atoms with E-state index in [1.54, 1.807) is 14.2 Å². The second-order valence-electron chi connectivity index (χ2n) is 4.11. The summed E-state index contributed by atoms with van der Waals surface area (Å²) in [4.78, 5) is 0. The van der Waals surface area contributed by atoms with E-state index >= 15 is 0 Å². The lowest BCUT2D eigenvalue weighted by molar-refractivity contribution is 0.183. The van der Waals surface area contributed by atoms with Crippen LogP contribution in [0.3, 0.4) is 0 Å². The van der Waals surface area contributed by atoms with Crippen molar-refractivity contribution in [2.24, 2.45) is 0 Å². The number of aryl methyl sites for hydroxylation is 1. The third-order valence-electron chi connectivity index (χ3n) is 2.43. The Labute approximate surface area is 127 Å². The van der Waals surface area contributed by atoms with E-state index in [-0.39, 0.29) is 0 Å². The SMILES string of the molecule is COCCn1ccc(Br)n1.COCCn1ccc(C)n1. The summed E-state index contributed by atoms with van der Waals surface area (Å²) in [5, 5.41) is 8.29. The van der Waals surface area contributed by atoms with E-state index < -0.39 is 0 Å². The van der Waals surface area contributed by atoms with Crippen LogP contribution in [0.2, 0.25) is 0 Å². The molecular formula is C13H21BrN4O2. The van der Waals surface area contributed by atoms with Crippen molar-refractivity contribution < 1.29 is 9.47 Å². The van der Waals surface area contributed by atoms with E-state index in [0.717, 1.165) is 30.0 Å². The van der Waals surface area contributed by atoms with E-state index in [1.807, 2.05) is 40.8 Å². The van der Waals surface area contributed by atoms with Crippen LogP contribution >= 0.6 is 15.9 Å². The van der Waals surface area contributed by atoms with Gasteiger partial charge in [0.1, 0.15) is 4.60 Å². The van der Waals surface area contributed by atoms with Gasteiger partial charge in [0.15, 0.2) is 0 Å². The molecule has 0 aliphatic heterocycles. The predicted octanol–water partition coefficient (Wildman–Crippen LogP) is 2.13. The Morgan fingerprint density at radius 3 is 1.95 bits per heavy atom. The van der Waals surface area contributed by atoms with Crippen LogP contribution in [-0.4, -0.2) is 47.0 Å². The number of methoxy groups -OCH3 is 2. The first-order valence-corrected chi connectivity index (χ1v) is 7.12. The average Bonchev–Trinajstić information content (AvgIpc) is 3.03. The Morgan fingerprint density at radius 2 is 1.55 bits per heavy atom. The van der Waals surface area contributed by atoms with Crippen LogP contribution in [0.25, 0.3) is 0 Å². The fourth-order valence-corrected chi connectivity index (χ4v) is 1.74. The predicted molar refractivity (Wildman–Crippen MR) is 80.6 cm³/mol. The van der Waals surface area contributed by atoms with Gasteiger partial charge in [-0.05, 0) is 35.0 Å². The molecule has 0 N–H and O–H groups in total. The number of aromatic nitrogens is 4. The number of halogens is 1. The number of nitrogens with zero attached hydrogens (tertiary/aromatic N) is 4. The molecule has 0 saturated carbocycles. The minimum absolute atomic E-state index is 0.702. The topological polar surface area (TPSA) is 54.1 Å². The molecule has 20 heavy (non-hydrogen) atoms. The van der Waals surface area contributed by atoms with E-state index in [4.69, 9.17) is 9.47 Å². The summed E-state index contributed by atoms with van der Waals surface area (Å²) in [6.07, 6.45) is 3.86. The van der Waals surface area contributed by atoms with Crippen molar-refractivity contribution in [3.05, 3.63) is 34.8 Å². The Hall–Kier alpha value is -1.18. The molecule has 0 aromatic carbocycles. The number of hydrogen-bond acceptors (Lipinski definition) is 4. The molecule has 0 radical (unpaired) electrons. The van der Waals surface area contributed by atoms with Gasteiger partial charge in [-0.15, -0.1) is 0 Å². The second kappa shape index (κ2) is 9.68. The lowest BCUT2D eigenvalue weighted by Gasteiger charge is -1.97. The molecule has 0 fully saturated rings. The molecule has 112 valence electrons. The van der Waals surface area contributed by atoms with Gasteiger partial charge in [-0.25, -0.2) is 0 Å². The summed E-state index contributed by atoms with van der Waals surface area (Å²) in [6.45, 7) is 5.05. The summed E-state index contributed by atoms with van der Waals surface area (Å²) < 4.78 is 14.3. The van der Waals surface area contributed by atoms with Gasteiger partial charge in [0.2, 0.25) is 0 Å². The molecule has 0 unspecified atom stereocenters. The van der Waals surface area contributed by atoms with Crippen molar-refractivity contribution in [2.45, 2.75) is 20.0 Å². The van der Waals surface area contributed by atoms with Crippen molar-refractivity contribution in [1.82, 2.24) is 19.6 Å². The number of rotatable bonds is 6. The first-order chi connectivity index (χ1) is 9.65. The third kappa shape index (κ3) is 6.83. The van der Waals surface area contributed by atoms with Gasteiger partial charge < -0.3 is 9.47 Å². The third-order valence-corrected chi connectivity index (χ3v) is 2.85. The van der Waals surface area contributed by atoms with Gasteiger partial charge in [-0.3, -0.25) is 9.36 Å². The average molecular weight is 345 g/mol. The van der Waals surface area contributed by atoms with Crippen LogP contribution in [0.5, 0.6) is 0 Å². The van der Waals surface area contributed by atoms with Crippen molar-refractivity contribution >= 4 is 15.9 Å². The van der Waals surface area contributed by atoms with Gasteiger partial charge in [-0.2, -0.15) is 10.2 Å². The van der Waals surface area contributed by atoms with Crippen LogP contribution in [-0.2, 0) is 22.6 Å². The summed E-state index contributed by atoms with van der Waals surface area (Å²) in [5.41, 5.74) is 1.05. The van der Waals surface area contributed by atoms with E-state index in [9.17, 15) is 0 Å². The van der Waals surface area contributed by atoms with Crippen LogP contribution < -0.4 is 0 Å². The molecule has 0 atom stereocenters. The molecule has 0 spiro atoms. The highest BCUT2D eigenvalue weighted by Gasteiger charge is 1.92. The molecule has 0 aliphatic carbocycles. The van der Waals surface area contributed by atoms with Gasteiger partial charge in [0.25, 0.3) is 0 Å². The fourth-order valence-electron chi connectivity index (χ4n) is 1.42. The maximum atomic E-state index is 4.89. The summed E-state index contributed by atoms with van der Waals surface area (Å²) in [5.74, 6) is 0. The van der Waals surface area contributed by atoms with Crippen LogP contribution in [0, 0.1) is 6.92 Å². The fraction of sp³-hybridized carbons (Fsp3) is 0.538. The molecule has 2 rings (SSSR count). The zero-order valence-corrected chi connectivity index (χ0v) is 13.7. The number of ether oxygens (including phenoxy) is 2. The van der Waals surface area contributed by atoms with Crippen molar-refractivity contribution in [3.63, 3.8) is 0 Å². The highest BCUT2D eigenvalue weighted by atomic mass is 79.9. The highest BCUT2D eigenvalue weighted by Crippen LogP contribution is 2.03.